The van der Waals surface area contributed by atoms with E-state index >= 15 is 0 Å². The van der Waals surface area contributed by atoms with E-state index in [-0.39, 0.29) is 0 Å². The zero-order chi connectivity index (χ0) is 11.7. The van der Waals surface area contributed by atoms with Crippen LogP contribution < -0.4 is 10.6 Å². The summed E-state index contributed by atoms with van der Waals surface area (Å²) in [5, 5.41) is 7.54. The van der Waals surface area contributed by atoms with Gasteiger partial charge in [-0.05, 0) is 62.3 Å². The second-order valence-electron chi connectivity index (χ2n) is 6.76. The number of hydrogen-bond acceptors (Lipinski definition) is 2. The van der Waals surface area contributed by atoms with E-state index in [4.69, 9.17) is 0 Å². The van der Waals surface area contributed by atoms with Crippen LogP contribution >= 0.6 is 0 Å². The maximum absolute atomic E-state index is 3.97. The number of hydrogen-bond donors (Lipinski definition) is 2. The van der Waals surface area contributed by atoms with Crippen LogP contribution in [-0.4, -0.2) is 25.7 Å². The molecule has 17 heavy (non-hydrogen) atoms. The lowest BCUT2D eigenvalue weighted by Gasteiger charge is -2.31. The zero-order valence-electron chi connectivity index (χ0n) is 11.3. The molecule has 0 amide bonds. The van der Waals surface area contributed by atoms with Crippen LogP contribution in [0.1, 0.15) is 51.9 Å². The van der Waals surface area contributed by atoms with E-state index in [1.54, 1.807) is 0 Å². The minimum atomic E-state index is 0.580. The highest BCUT2D eigenvalue weighted by molar-refractivity contribution is 4.98. The summed E-state index contributed by atoms with van der Waals surface area (Å²) in [4.78, 5) is 0. The van der Waals surface area contributed by atoms with Crippen LogP contribution in [0.4, 0.5) is 0 Å². The topological polar surface area (TPSA) is 24.1 Å². The van der Waals surface area contributed by atoms with Gasteiger partial charge in [0.1, 0.15) is 0 Å². The van der Waals surface area contributed by atoms with Gasteiger partial charge in [-0.15, -0.1) is 0 Å². The molecule has 2 heteroatoms. The third-order valence-electron chi connectivity index (χ3n) is 5.08. The van der Waals surface area contributed by atoms with E-state index < -0.39 is 0 Å². The molecule has 0 bridgehead atoms. The van der Waals surface area contributed by atoms with Crippen LogP contribution in [-0.2, 0) is 0 Å². The summed E-state index contributed by atoms with van der Waals surface area (Å²) < 4.78 is 0. The Morgan fingerprint density at radius 3 is 2.41 bits per heavy atom. The first-order valence-corrected chi connectivity index (χ1v) is 7.77. The Balaban J connectivity index is 1.53. The van der Waals surface area contributed by atoms with Crippen molar-refractivity contribution in [3.05, 3.63) is 0 Å². The molecule has 3 rings (SSSR count). The molecule has 0 aromatic heterocycles. The predicted molar refractivity (Wildman–Crippen MR) is 72.1 cm³/mol. The third kappa shape index (κ3) is 2.85. The van der Waals surface area contributed by atoms with Crippen molar-refractivity contribution in [3.63, 3.8) is 0 Å². The Morgan fingerprint density at radius 2 is 1.94 bits per heavy atom. The first-order valence-electron chi connectivity index (χ1n) is 7.77. The molecule has 2 saturated carbocycles. The average molecular weight is 236 g/mol. The maximum atomic E-state index is 3.97. The Morgan fingerprint density at radius 1 is 1.24 bits per heavy atom. The fraction of sp³-hybridized carbons (Fsp3) is 1.00. The first-order chi connectivity index (χ1) is 8.33. The van der Waals surface area contributed by atoms with E-state index in [0.717, 1.165) is 17.9 Å². The molecule has 3 aliphatic rings. The molecule has 0 aromatic rings. The largest absolute Gasteiger partial charge is 0.316 e. The molecular formula is C15H28N2. The molecule has 0 spiro atoms. The highest BCUT2D eigenvalue weighted by Crippen LogP contribution is 2.45. The fourth-order valence-corrected chi connectivity index (χ4v) is 3.74. The molecule has 2 nitrogen and oxygen atoms in total. The lowest BCUT2D eigenvalue weighted by molar-refractivity contribution is 0.249. The summed E-state index contributed by atoms with van der Waals surface area (Å²) in [7, 11) is 0. The Bertz CT molecular complexity index is 238. The lowest BCUT2D eigenvalue weighted by Crippen LogP contribution is -2.43. The molecule has 1 heterocycles. The van der Waals surface area contributed by atoms with Crippen LogP contribution in [0.5, 0.6) is 0 Å². The van der Waals surface area contributed by atoms with Crippen molar-refractivity contribution in [3.8, 4) is 0 Å². The van der Waals surface area contributed by atoms with Crippen molar-refractivity contribution in [1.29, 1.82) is 0 Å². The monoisotopic (exact) mass is 236 g/mol. The van der Waals surface area contributed by atoms with E-state index in [0.29, 0.717) is 5.41 Å². The van der Waals surface area contributed by atoms with Crippen LogP contribution in [0.3, 0.4) is 0 Å². The van der Waals surface area contributed by atoms with E-state index in [1.165, 1.54) is 64.6 Å². The summed E-state index contributed by atoms with van der Waals surface area (Å²) in [5.41, 5.74) is 0.580. The van der Waals surface area contributed by atoms with Gasteiger partial charge in [0.05, 0.1) is 0 Å². The van der Waals surface area contributed by atoms with Gasteiger partial charge in [0.15, 0.2) is 0 Å². The predicted octanol–water partition coefficient (Wildman–Crippen LogP) is 2.54. The fourth-order valence-electron chi connectivity index (χ4n) is 3.74. The van der Waals surface area contributed by atoms with Crippen molar-refractivity contribution in [2.24, 2.45) is 17.3 Å². The third-order valence-corrected chi connectivity index (χ3v) is 5.08. The SMILES string of the molecule is CCCC1(CNC(C2CC2)C2CC2)CCNC1. The van der Waals surface area contributed by atoms with E-state index in [9.17, 15) is 0 Å². The van der Waals surface area contributed by atoms with Gasteiger partial charge in [0.2, 0.25) is 0 Å². The summed E-state index contributed by atoms with van der Waals surface area (Å²) >= 11 is 0. The second-order valence-corrected chi connectivity index (χ2v) is 6.76. The summed E-state index contributed by atoms with van der Waals surface area (Å²) in [5.74, 6) is 2.08. The average Bonchev–Trinajstić information content (AvgIpc) is 3.22. The molecule has 0 radical (unpaired) electrons. The van der Waals surface area contributed by atoms with Crippen molar-refractivity contribution in [2.75, 3.05) is 19.6 Å². The molecule has 2 aliphatic carbocycles. The smallest absolute Gasteiger partial charge is 0.0124 e. The minimum Gasteiger partial charge on any atom is -0.316 e. The summed E-state index contributed by atoms with van der Waals surface area (Å²) in [6.45, 7) is 6.08. The van der Waals surface area contributed by atoms with Crippen molar-refractivity contribution < 1.29 is 0 Å². The quantitative estimate of drug-likeness (QED) is 0.710. The molecule has 1 unspecified atom stereocenters. The molecule has 1 saturated heterocycles. The molecule has 1 aliphatic heterocycles. The van der Waals surface area contributed by atoms with Crippen LogP contribution in [0.2, 0.25) is 0 Å². The summed E-state index contributed by atoms with van der Waals surface area (Å²) in [6, 6.07) is 0.879. The normalized spacial score (nSPS) is 33.5. The van der Waals surface area contributed by atoms with Gasteiger partial charge in [-0.2, -0.15) is 0 Å². The van der Waals surface area contributed by atoms with E-state index in [1.807, 2.05) is 0 Å². The van der Waals surface area contributed by atoms with Gasteiger partial charge in [-0.3, -0.25) is 0 Å². The van der Waals surface area contributed by atoms with Crippen LogP contribution in [0.25, 0.3) is 0 Å². The molecular weight excluding hydrogens is 208 g/mol. The highest BCUT2D eigenvalue weighted by Gasteiger charge is 2.42. The van der Waals surface area contributed by atoms with Gasteiger partial charge < -0.3 is 10.6 Å². The Kier molecular flexibility index (Phi) is 3.45. The van der Waals surface area contributed by atoms with Gasteiger partial charge in [-0.25, -0.2) is 0 Å². The van der Waals surface area contributed by atoms with Crippen molar-refractivity contribution in [1.82, 2.24) is 10.6 Å². The second kappa shape index (κ2) is 4.89. The van der Waals surface area contributed by atoms with Gasteiger partial charge in [-0.1, -0.05) is 13.3 Å². The first kappa shape index (κ1) is 12.0. The molecule has 98 valence electrons. The van der Waals surface area contributed by atoms with Crippen molar-refractivity contribution >= 4 is 0 Å². The lowest BCUT2D eigenvalue weighted by atomic mass is 9.82. The molecule has 3 fully saturated rings. The Hall–Kier alpha value is -0.0800. The summed E-state index contributed by atoms with van der Waals surface area (Å²) in [6.07, 6.45) is 10.1. The molecule has 1 atom stereocenters. The standard InChI is InChI=1S/C15H28N2/c1-2-7-15(8-9-16-10-15)11-17-14(12-3-4-12)13-5-6-13/h12-14,16-17H,2-11H2,1H3. The van der Waals surface area contributed by atoms with Crippen molar-refractivity contribution in [2.45, 2.75) is 57.9 Å². The van der Waals surface area contributed by atoms with Gasteiger partial charge in [0.25, 0.3) is 0 Å². The minimum absolute atomic E-state index is 0.580. The van der Waals surface area contributed by atoms with Crippen LogP contribution in [0.15, 0.2) is 0 Å². The molecule has 2 N–H and O–H groups in total. The highest BCUT2D eigenvalue weighted by atomic mass is 15.0. The van der Waals surface area contributed by atoms with Gasteiger partial charge in [0, 0.05) is 19.1 Å². The zero-order valence-corrected chi connectivity index (χ0v) is 11.3. The van der Waals surface area contributed by atoms with Gasteiger partial charge >= 0.3 is 0 Å². The molecule has 0 aromatic carbocycles. The van der Waals surface area contributed by atoms with Crippen LogP contribution in [0, 0.1) is 17.3 Å². The number of rotatable bonds is 7. The number of nitrogens with one attached hydrogen (secondary N) is 2. The maximum Gasteiger partial charge on any atom is 0.0124 e. The Labute approximate surface area is 106 Å². The van der Waals surface area contributed by atoms with E-state index in [2.05, 4.69) is 17.6 Å².